The number of benzene rings is 1. The molecule has 0 fully saturated rings. The lowest BCUT2D eigenvalue weighted by atomic mass is 9.94. The van der Waals surface area contributed by atoms with E-state index in [2.05, 4.69) is 59.0 Å². The summed E-state index contributed by atoms with van der Waals surface area (Å²) in [6.45, 7) is 14.4. The van der Waals surface area contributed by atoms with Crippen LogP contribution in [0.15, 0.2) is 12.1 Å². The third-order valence-electron chi connectivity index (χ3n) is 3.82. The molecule has 0 aromatic heterocycles. The highest BCUT2D eigenvalue weighted by molar-refractivity contribution is 6.31. The zero-order valence-corrected chi connectivity index (χ0v) is 14.7. The van der Waals surface area contributed by atoms with Crippen LogP contribution in [-0.4, -0.2) is 12.1 Å². The summed E-state index contributed by atoms with van der Waals surface area (Å²) in [4.78, 5) is 0. The van der Waals surface area contributed by atoms with Crippen molar-refractivity contribution in [1.29, 1.82) is 0 Å². The largest absolute Gasteiger partial charge is 0.312 e. The lowest BCUT2D eigenvalue weighted by Crippen LogP contribution is -2.36. The van der Waals surface area contributed by atoms with Crippen LogP contribution in [0.1, 0.15) is 57.2 Å². The molecular weight excluding hydrogens is 266 g/mol. The van der Waals surface area contributed by atoms with Gasteiger partial charge in [0, 0.05) is 10.6 Å². The predicted octanol–water partition coefficient (Wildman–Crippen LogP) is 5.30. The minimum Gasteiger partial charge on any atom is -0.312 e. The Kier molecular flexibility index (Phi) is 6.54. The maximum absolute atomic E-state index is 6.15. The summed E-state index contributed by atoms with van der Waals surface area (Å²) in [6.07, 6.45) is 3.64. The van der Waals surface area contributed by atoms with E-state index in [4.69, 9.17) is 11.6 Å². The average molecular weight is 296 g/mol. The molecule has 0 aliphatic rings. The first-order valence-corrected chi connectivity index (χ1v) is 8.07. The lowest BCUT2D eigenvalue weighted by molar-refractivity contribution is 0.386. The first kappa shape index (κ1) is 17.5. The van der Waals surface area contributed by atoms with Gasteiger partial charge < -0.3 is 5.32 Å². The minimum absolute atomic E-state index is 0.226. The fraction of sp³-hybridized carbons (Fsp3) is 0.667. The van der Waals surface area contributed by atoms with Gasteiger partial charge in [-0.15, -0.1) is 0 Å². The molecule has 2 heteroatoms. The molecule has 0 saturated carbocycles. The Bertz CT molecular complexity index is 432. The van der Waals surface area contributed by atoms with Crippen LogP contribution < -0.4 is 5.32 Å². The molecule has 0 aliphatic heterocycles. The monoisotopic (exact) mass is 295 g/mol. The van der Waals surface area contributed by atoms with Crippen LogP contribution in [0.4, 0.5) is 0 Å². The quantitative estimate of drug-likeness (QED) is 0.750. The van der Waals surface area contributed by atoms with E-state index in [1.807, 2.05) is 0 Å². The second-order valence-electron chi connectivity index (χ2n) is 7.14. The van der Waals surface area contributed by atoms with Crippen molar-refractivity contribution in [3.05, 3.63) is 33.8 Å². The van der Waals surface area contributed by atoms with Crippen molar-refractivity contribution in [3.8, 4) is 0 Å². The van der Waals surface area contributed by atoms with Crippen molar-refractivity contribution in [2.45, 2.75) is 66.3 Å². The van der Waals surface area contributed by atoms with Gasteiger partial charge in [0.15, 0.2) is 0 Å². The highest BCUT2D eigenvalue weighted by Crippen LogP contribution is 2.23. The van der Waals surface area contributed by atoms with E-state index in [0.717, 1.165) is 23.9 Å². The molecule has 0 aliphatic carbocycles. The fourth-order valence-corrected chi connectivity index (χ4v) is 2.57. The number of aryl methyl sites for hydroxylation is 3. The van der Waals surface area contributed by atoms with E-state index in [1.165, 1.54) is 29.5 Å². The van der Waals surface area contributed by atoms with Crippen molar-refractivity contribution < 1.29 is 0 Å². The molecule has 20 heavy (non-hydrogen) atoms. The van der Waals surface area contributed by atoms with Gasteiger partial charge in [0.25, 0.3) is 0 Å². The molecule has 0 bridgehead atoms. The predicted molar refractivity (Wildman–Crippen MR) is 90.8 cm³/mol. The Balaban J connectivity index is 2.41. The van der Waals surface area contributed by atoms with Crippen molar-refractivity contribution >= 4 is 11.6 Å². The maximum Gasteiger partial charge on any atom is 0.0438 e. The Morgan fingerprint density at radius 1 is 1.10 bits per heavy atom. The van der Waals surface area contributed by atoms with Crippen LogP contribution in [0.5, 0.6) is 0 Å². The van der Waals surface area contributed by atoms with Crippen LogP contribution >= 0.6 is 11.6 Å². The van der Waals surface area contributed by atoms with Gasteiger partial charge in [-0.3, -0.25) is 0 Å². The first-order valence-electron chi connectivity index (χ1n) is 7.69. The van der Waals surface area contributed by atoms with E-state index >= 15 is 0 Å². The number of hydrogen-bond acceptors (Lipinski definition) is 1. The summed E-state index contributed by atoms with van der Waals surface area (Å²) >= 11 is 6.15. The van der Waals surface area contributed by atoms with Crippen LogP contribution in [0, 0.1) is 19.8 Å². The third kappa shape index (κ3) is 6.28. The molecule has 0 amide bonds. The summed E-state index contributed by atoms with van der Waals surface area (Å²) in [5.74, 6) is 0.750. The Hall–Kier alpha value is -0.530. The summed E-state index contributed by atoms with van der Waals surface area (Å²) in [6, 6.07) is 4.34. The van der Waals surface area contributed by atoms with Crippen molar-refractivity contribution in [2.75, 3.05) is 6.54 Å². The van der Waals surface area contributed by atoms with Gasteiger partial charge in [-0.2, -0.15) is 0 Å². The topological polar surface area (TPSA) is 12.0 Å². The smallest absolute Gasteiger partial charge is 0.0438 e. The highest BCUT2D eigenvalue weighted by atomic mass is 35.5. The maximum atomic E-state index is 6.15. The molecule has 0 heterocycles. The van der Waals surface area contributed by atoms with Crippen molar-refractivity contribution in [2.24, 2.45) is 5.92 Å². The van der Waals surface area contributed by atoms with Gasteiger partial charge in [-0.05, 0) is 89.1 Å². The van der Waals surface area contributed by atoms with Crippen LogP contribution in [0.2, 0.25) is 5.02 Å². The molecule has 1 N–H and O–H groups in total. The molecule has 1 unspecified atom stereocenters. The second-order valence-corrected chi connectivity index (χ2v) is 7.54. The Morgan fingerprint density at radius 3 is 2.35 bits per heavy atom. The number of halogens is 1. The highest BCUT2D eigenvalue weighted by Gasteiger charge is 2.10. The lowest BCUT2D eigenvalue weighted by Gasteiger charge is -2.22. The SMILES string of the molecule is Cc1cc(CCC(C)CCNC(C)(C)C)c(C)cc1Cl. The summed E-state index contributed by atoms with van der Waals surface area (Å²) in [5, 5.41) is 4.44. The summed E-state index contributed by atoms with van der Waals surface area (Å²) in [5.41, 5.74) is 4.18. The Morgan fingerprint density at radius 2 is 1.75 bits per heavy atom. The van der Waals surface area contributed by atoms with E-state index in [-0.39, 0.29) is 5.54 Å². The molecule has 1 atom stereocenters. The van der Waals surface area contributed by atoms with Gasteiger partial charge >= 0.3 is 0 Å². The number of nitrogens with one attached hydrogen (secondary N) is 1. The van der Waals surface area contributed by atoms with Gasteiger partial charge in [-0.1, -0.05) is 24.6 Å². The van der Waals surface area contributed by atoms with Crippen molar-refractivity contribution in [1.82, 2.24) is 5.32 Å². The van der Waals surface area contributed by atoms with E-state index in [0.29, 0.717) is 0 Å². The van der Waals surface area contributed by atoms with Crippen molar-refractivity contribution in [3.63, 3.8) is 0 Å². The van der Waals surface area contributed by atoms with Crippen LogP contribution in [-0.2, 0) is 6.42 Å². The zero-order chi connectivity index (χ0) is 15.3. The van der Waals surface area contributed by atoms with Crippen LogP contribution in [0.25, 0.3) is 0 Å². The molecule has 1 aromatic carbocycles. The number of hydrogen-bond donors (Lipinski definition) is 1. The van der Waals surface area contributed by atoms with Crippen LogP contribution in [0.3, 0.4) is 0 Å². The molecule has 114 valence electrons. The van der Waals surface area contributed by atoms with Gasteiger partial charge in [0.05, 0.1) is 0 Å². The summed E-state index contributed by atoms with van der Waals surface area (Å²) in [7, 11) is 0. The molecule has 1 nitrogen and oxygen atoms in total. The Labute approximate surface area is 130 Å². The molecule has 0 spiro atoms. The van der Waals surface area contributed by atoms with Gasteiger partial charge in [-0.25, -0.2) is 0 Å². The van der Waals surface area contributed by atoms with E-state index in [9.17, 15) is 0 Å². The minimum atomic E-state index is 0.226. The zero-order valence-electron chi connectivity index (χ0n) is 13.9. The second kappa shape index (κ2) is 7.47. The number of rotatable bonds is 6. The van der Waals surface area contributed by atoms with E-state index in [1.54, 1.807) is 0 Å². The molecule has 0 saturated heterocycles. The molecule has 1 aromatic rings. The summed E-state index contributed by atoms with van der Waals surface area (Å²) < 4.78 is 0. The molecule has 0 radical (unpaired) electrons. The standard InChI is InChI=1S/C18H30ClN/c1-13(9-10-20-18(4,5)6)7-8-16-11-15(3)17(19)12-14(16)2/h11-13,20H,7-10H2,1-6H3. The average Bonchev–Trinajstić information content (AvgIpc) is 2.30. The molecule has 1 rings (SSSR count). The fourth-order valence-electron chi connectivity index (χ4n) is 2.35. The van der Waals surface area contributed by atoms with Gasteiger partial charge in [0.1, 0.15) is 0 Å². The van der Waals surface area contributed by atoms with E-state index < -0.39 is 0 Å². The normalized spacial score (nSPS) is 13.6. The van der Waals surface area contributed by atoms with Gasteiger partial charge in [0.2, 0.25) is 0 Å². The third-order valence-corrected chi connectivity index (χ3v) is 4.22. The first-order chi connectivity index (χ1) is 9.19. The molecular formula is C18H30ClN.